The third-order valence-corrected chi connectivity index (χ3v) is 3.02. The SMILES string of the molecule is CCC(C)CS(=N)(=O)OC. The highest BCUT2D eigenvalue weighted by Gasteiger charge is 2.08. The first-order valence-electron chi connectivity index (χ1n) is 3.34. The molecule has 0 rings (SSSR count). The monoisotopic (exact) mass is 165 g/mol. The lowest BCUT2D eigenvalue weighted by Crippen LogP contribution is -2.12. The van der Waals surface area contributed by atoms with Crippen LogP contribution in [0.5, 0.6) is 0 Å². The topological polar surface area (TPSA) is 50.2 Å². The Morgan fingerprint density at radius 1 is 1.70 bits per heavy atom. The van der Waals surface area contributed by atoms with Gasteiger partial charge in [0.25, 0.3) is 0 Å². The van der Waals surface area contributed by atoms with E-state index in [0.717, 1.165) is 6.42 Å². The van der Waals surface area contributed by atoms with E-state index in [2.05, 4.69) is 4.18 Å². The summed E-state index contributed by atoms with van der Waals surface area (Å²) in [6.07, 6.45) is 0.944. The molecule has 0 spiro atoms. The Balaban J connectivity index is 3.90. The summed E-state index contributed by atoms with van der Waals surface area (Å²) in [5, 5.41) is 0. The van der Waals surface area contributed by atoms with Gasteiger partial charge in [-0.1, -0.05) is 20.3 Å². The average Bonchev–Trinajstić information content (AvgIpc) is 1.87. The minimum atomic E-state index is -2.73. The van der Waals surface area contributed by atoms with Gasteiger partial charge < -0.3 is 0 Å². The van der Waals surface area contributed by atoms with Crippen molar-refractivity contribution in [3.8, 4) is 0 Å². The van der Waals surface area contributed by atoms with E-state index < -0.39 is 10.0 Å². The molecule has 0 radical (unpaired) electrons. The van der Waals surface area contributed by atoms with Crippen molar-refractivity contribution in [3.05, 3.63) is 0 Å². The largest absolute Gasteiger partial charge is 0.288 e. The van der Waals surface area contributed by atoms with E-state index in [1.165, 1.54) is 7.11 Å². The van der Waals surface area contributed by atoms with Gasteiger partial charge in [-0.25, -0.2) is 8.99 Å². The van der Waals surface area contributed by atoms with E-state index in [1.54, 1.807) is 0 Å². The maximum atomic E-state index is 11.0. The highest BCUT2D eigenvalue weighted by Crippen LogP contribution is 2.06. The molecule has 0 bridgehead atoms. The summed E-state index contributed by atoms with van der Waals surface area (Å²) in [6, 6.07) is 0. The van der Waals surface area contributed by atoms with Crippen molar-refractivity contribution in [2.75, 3.05) is 12.9 Å². The molecule has 0 heterocycles. The summed E-state index contributed by atoms with van der Waals surface area (Å²) in [5.41, 5.74) is 0. The highest BCUT2D eigenvalue weighted by atomic mass is 32.2. The zero-order valence-corrected chi connectivity index (χ0v) is 7.53. The maximum Gasteiger partial charge on any atom is 0.160 e. The van der Waals surface area contributed by atoms with Gasteiger partial charge in [0.05, 0.1) is 12.9 Å². The first-order chi connectivity index (χ1) is 4.52. The zero-order chi connectivity index (χ0) is 8.20. The summed E-state index contributed by atoms with van der Waals surface area (Å²) < 4.78 is 22.6. The summed E-state index contributed by atoms with van der Waals surface area (Å²) in [7, 11) is -1.41. The molecule has 10 heavy (non-hydrogen) atoms. The van der Waals surface area contributed by atoms with E-state index in [1.807, 2.05) is 13.8 Å². The molecule has 0 fully saturated rings. The molecule has 0 aromatic heterocycles. The van der Waals surface area contributed by atoms with Crippen molar-refractivity contribution in [1.29, 1.82) is 4.78 Å². The van der Waals surface area contributed by atoms with E-state index >= 15 is 0 Å². The standard InChI is InChI=1S/C6H15NO2S/c1-4-6(2)5-10(7,8)9-3/h6-7H,4-5H2,1-3H3. The first-order valence-corrected chi connectivity index (χ1v) is 4.99. The van der Waals surface area contributed by atoms with Gasteiger partial charge in [-0.2, -0.15) is 0 Å². The van der Waals surface area contributed by atoms with Gasteiger partial charge in [-0.15, -0.1) is 0 Å². The van der Waals surface area contributed by atoms with Gasteiger partial charge in [0, 0.05) is 0 Å². The summed E-state index contributed by atoms with van der Waals surface area (Å²) in [6.45, 7) is 3.98. The minimum absolute atomic E-state index is 0.310. The van der Waals surface area contributed by atoms with Gasteiger partial charge >= 0.3 is 0 Å². The molecule has 2 unspecified atom stereocenters. The summed E-state index contributed by atoms with van der Waals surface area (Å²) >= 11 is 0. The minimum Gasteiger partial charge on any atom is -0.288 e. The van der Waals surface area contributed by atoms with Crippen LogP contribution in [0.25, 0.3) is 0 Å². The summed E-state index contributed by atoms with van der Waals surface area (Å²) in [5.74, 6) is 0.657. The Morgan fingerprint density at radius 2 is 2.20 bits per heavy atom. The second-order valence-corrected chi connectivity index (χ2v) is 4.36. The van der Waals surface area contributed by atoms with E-state index in [-0.39, 0.29) is 0 Å². The molecule has 62 valence electrons. The van der Waals surface area contributed by atoms with Crippen molar-refractivity contribution >= 4 is 10.0 Å². The molecular formula is C6H15NO2S. The lowest BCUT2D eigenvalue weighted by Gasteiger charge is -2.08. The fourth-order valence-electron chi connectivity index (χ4n) is 0.560. The summed E-state index contributed by atoms with van der Waals surface area (Å²) in [4.78, 5) is 0. The lowest BCUT2D eigenvalue weighted by molar-refractivity contribution is 0.425. The van der Waals surface area contributed by atoms with Gasteiger partial charge in [0.15, 0.2) is 10.0 Å². The van der Waals surface area contributed by atoms with Gasteiger partial charge in [0.1, 0.15) is 0 Å². The predicted molar refractivity (Wildman–Crippen MR) is 42.2 cm³/mol. The lowest BCUT2D eigenvalue weighted by atomic mass is 10.2. The van der Waals surface area contributed by atoms with E-state index in [9.17, 15) is 4.21 Å². The Labute approximate surface area is 63.0 Å². The molecule has 0 saturated carbocycles. The molecule has 4 heteroatoms. The van der Waals surface area contributed by atoms with E-state index in [0.29, 0.717) is 11.7 Å². The number of hydrogen-bond acceptors (Lipinski definition) is 3. The second kappa shape index (κ2) is 3.93. The number of nitrogens with one attached hydrogen (secondary N) is 1. The average molecular weight is 165 g/mol. The third-order valence-electron chi connectivity index (χ3n) is 1.47. The fourth-order valence-corrected chi connectivity index (χ4v) is 1.68. The number of rotatable bonds is 4. The van der Waals surface area contributed by atoms with Crippen molar-refractivity contribution in [2.45, 2.75) is 20.3 Å². The zero-order valence-electron chi connectivity index (χ0n) is 6.72. The molecule has 0 aliphatic heterocycles. The van der Waals surface area contributed by atoms with Crippen molar-refractivity contribution in [2.24, 2.45) is 5.92 Å². The molecule has 0 aliphatic rings. The van der Waals surface area contributed by atoms with Crippen LogP contribution in [0.3, 0.4) is 0 Å². The quantitative estimate of drug-likeness (QED) is 0.688. The molecule has 1 N–H and O–H groups in total. The predicted octanol–water partition coefficient (Wildman–Crippen LogP) is 1.64. The Kier molecular flexibility index (Phi) is 3.89. The van der Waals surface area contributed by atoms with Crippen molar-refractivity contribution < 1.29 is 8.39 Å². The third kappa shape index (κ3) is 3.85. The van der Waals surface area contributed by atoms with Crippen LogP contribution in [-0.4, -0.2) is 17.1 Å². The van der Waals surface area contributed by atoms with Gasteiger partial charge in [-0.3, -0.25) is 4.18 Å². The molecule has 0 amide bonds. The van der Waals surface area contributed by atoms with Crippen LogP contribution in [0.4, 0.5) is 0 Å². The first kappa shape index (κ1) is 9.91. The van der Waals surface area contributed by atoms with Crippen LogP contribution in [0.15, 0.2) is 0 Å². The van der Waals surface area contributed by atoms with Crippen molar-refractivity contribution in [1.82, 2.24) is 0 Å². The molecule has 3 nitrogen and oxygen atoms in total. The molecular weight excluding hydrogens is 150 g/mol. The molecule has 0 aromatic rings. The number of hydrogen-bond donors (Lipinski definition) is 1. The van der Waals surface area contributed by atoms with Gasteiger partial charge in [-0.05, 0) is 5.92 Å². The Bertz CT molecular complexity index is 174. The highest BCUT2D eigenvalue weighted by molar-refractivity contribution is 7.87. The van der Waals surface area contributed by atoms with Crippen LogP contribution >= 0.6 is 0 Å². The van der Waals surface area contributed by atoms with Crippen molar-refractivity contribution in [3.63, 3.8) is 0 Å². The Hall–Kier alpha value is -0.0900. The normalized spacial score (nSPS) is 19.9. The fraction of sp³-hybridized carbons (Fsp3) is 1.00. The maximum absolute atomic E-state index is 11.0. The van der Waals surface area contributed by atoms with E-state index in [4.69, 9.17) is 4.78 Å². The van der Waals surface area contributed by atoms with Gasteiger partial charge in [0.2, 0.25) is 0 Å². The van der Waals surface area contributed by atoms with Crippen LogP contribution in [-0.2, 0) is 14.2 Å². The molecule has 0 saturated heterocycles. The molecule has 0 aromatic carbocycles. The smallest absolute Gasteiger partial charge is 0.160 e. The Morgan fingerprint density at radius 3 is 2.50 bits per heavy atom. The van der Waals surface area contributed by atoms with Crippen LogP contribution < -0.4 is 0 Å². The van der Waals surface area contributed by atoms with Crippen LogP contribution in [0.2, 0.25) is 0 Å². The van der Waals surface area contributed by atoms with Crippen LogP contribution in [0, 0.1) is 10.7 Å². The molecule has 2 atom stereocenters. The molecule has 0 aliphatic carbocycles. The van der Waals surface area contributed by atoms with Crippen LogP contribution in [0.1, 0.15) is 20.3 Å². The second-order valence-electron chi connectivity index (χ2n) is 2.46.